The van der Waals surface area contributed by atoms with E-state index in [4.69, 9.17) is 9.84 Å². The molecule has 0 saturated carbocycles. The Hall–Kier alpha value is -5.92. The highest BCUT2D eigenvalue weighted by Crippen LogP contribution is 2.25. The van der Waals surface area contributed by atoms with E-state index in [2.05, 4.69) is 88.4 Å². The van der Waals surface area contributed by atoms with E-state index < -0.39 is 17.4 Å². The zero-order valence-corrected chi connectivity index (χ0v) is 19.2. The van der Waals surface area contributed by atoms with E-state index >= 15 is 0 Å². The van der Waals surface area contributed by atoms with Crippen LogP contribution in [0.2, 0.25) is 0 Å². The molecule has 2 rings (SSSR count). The van der Waals surface area contributed by atoms with Crippen LogP contribution in [0.25, 0.3) is 0 Å². The van der Waals surface area contributed by atoms with E-state index in [0.717, 1.165) is 0 Å². The summed E-state index contributed by atoms with van der Waals surface area (Å²) in [5.41, 5.74) is 24.3. The van der Waals surface area contributed by atoms with Crippen LogP contribution in [-0.2, 0) is 4.79 Å². The van der Waals surface area contributed by atoms with Crippen LogP contribution >= 0.6 is 0 Å². The van der Waals surface area contributed by atoms with Gasteiger partial charge in [0.1, 0.15) is 5.75 Å². The molecule has 1 amide bonds. The van der Waals surface area contributed by atoms with Gasteiger partial charge in [-0.05, 0) is 90.9 Å². The van der Waals surface area contributed by atoms with Crippen LogP contribution in [0.1, 0.15) is 5.56 Å². The number of carbonyl (C=O) groups is 1. The van der Waals surface area contributed by atoms with Crippen molar-refractivity contribution in [2.24, 2.45) is 5.10 Å². The summed E-state index contributed by atoms with van der Waals surface area (Å²) in [6.07, 6.45) is 1.39. The second kappa shape index (κ2) is 19.7. The van der Waals surface area contributed by atoms with Crippen LogP contribution in [-0.4, -0.2) is 28.8 Å². The van der Waals surface area contributed by atoms with Crippen molar-refractivity contribution in [2.45, 2.75) is 0 Å². The van der Waals surface area contributed by atoms with Gasteiger partial charge in [0.05, 0.1) is 11.1 Å². The molecule has 2 aromatic carbocycles. The molecule has 2 aromatic rings. The number of benzene rings is 2. The highest BCUT2D eigenvalue weighted by Gasteiger charge is 2.14. The molecule has 0 aliphatic carbocycles. The van der Waals surface area contributed by atoms with E-state index in [1.807, 2.05) is 0 Å². The number of para-hydroxylation sites is 2. The van der Waals surface area contributed by atoms with Gasteiger partial charge in [-0.1, -0.05) is 35.1 Å². The molecule has 0 bridgehead atoms. The van der Waals surface area contributed by atoms with Gasteiger partial charge >= 0.3 is 5.69 Å². The predicted molar refractivity (Wildman–Crippen MR) is 137 cm³/mol. The minimum Gasteiger partial charge on any atom is -0.508 e. The minimum absolute atomic E-state index is 0.00941. The largest absolute Gasteiger partial charge is 0.508 e. The number of nitrogens with one attached hydrogen (secondary N) is 1. The van der Waals surface area contributed by atoms with Crippen molar-refractivity contribution in [2.75, 3.05) is 6.61 Å². The number of aromatic hydroxyl groups is 1. The topological polar surface area (TPSA) is 114 Å². The van der Waals surface area contributed by atoms with Crippen molar-refractivity contribution in [3.63, 3.8) is 0 Å². The highest BCUT2D eigenvalue weighted by molar-refractivity contribution is 5.83. The Morgan fingerprint density at radius 2 is 1.47 bits per heavy atom. The van der Waals surface area contributed by atoms with Crippen molar-refractivity contribution in [3.05, 3.63) is 142 Å². The van der Waals surface area contributed by atoms with Gasteiger partial charge in [0.25, 0.3) is 5.91 Å². The van der Waals surface area contributed by atoms with E-state index in [-0.39, 0.29) is 17.2 Å². The normalized spacial score (nSPS) is 7.89. The summed E-state index contributed by atoms with van der Waals surface area (Å²) in [5.74, 6) is -0.419. The van der Waals surface area contributed by atoms with E-state index in [9.17, 15) is 14.9 Å². The number of nitro groups is 1. The number of amides is 1. The van der Waals surface area contributed by atoms with Crippen LogP contribution in [0.5, 0.6) is 11.5 Å². The van der Waals surface area contributed by atoms with Crippen LogP contribution in [0.15, 0.2) is 132 Å². The molecule has 0 atom stereocenters. The fourth-order valence-electron chi connectivity index (χ4n) is 1.85. The first-order valence-electron chi connectivity index (χ1n) is 9.70. The Morgan fingerprint density at radius 3 is 2.00 bits per heavy atom. The second-order valence-electron chi connectivity index (χ2n) is 5.73. The number of hydrogen-bond donors (Lipinski definition) is 2. The van der Waals surface area contributed by atoms with Crippen molar-refractivity contribution >= 4 is 17.8 Å². The summed E-state index contributed by atoms with van der Waals surface area (Å²) < 4.78 is 5.12. The maximum atomic E-state index is 11.6. The van der Waals surface area contributed by atoms with E-state index in [1.165, 1.54) is 36.5 Å². The Morgan fingerprint density at radius 1 is 0.944 bits per heavy atom. The number of carbonyl (C=O) groups excluding carboxylic acids is 1. The average Bonchev–Trinajstić information content (AvgIpc) is 2.88. The molecule has 2 N–H and O–H groups in total. The Balaban J connectivity index is 0.000000777. The lowest BCUT2D eigenvalue weighted by Crippen LogP contribution is -2.24. The van der Waals surface area contributed by atoms with Crippen molar-refractivity contribution < 1.29 is 19.6 Å². The average molecular weight is 479 g/mol. The number of nitro benzene ring substituents is 1. The third kappa shape index (κ3) is 15.0. The smallest absolute Gasteiger partial charge is 0.310 e. The molecule has 0 spiro atoms. The number of phenols is 1. The molecule has 0 saturated heterocycles. The summed E-state index contributed by atoms with van der Waals surface area (Å²) in [6.45, 7) is 12.6. The van der Waals surface area contributed by atoms with Gasteiger partial charge in [-0.15, -0.1) is 0 Å². The summed E-state index contributed by atoms with van der Waals surface area (Å²) in [6, 6.07) is 12.0. The first kappa shape index (κ1) is 30.1. The van der Waals surface area contributed by atoms with Crippen molar-refractivity contribution in [1.82, 2.24) is 5.43 Å². The summed E-state index contributed by atoms with van der Waals surface area (Å²) >= 11 is 0. The maximum Gasteiger partial charge on any atom is 0.310 e. The SMILES string of the molecule is C=C=C=C=C=C.C=C=C=C=C=C=C.O=C(COc1ccccc1[N+](=O)[O-])N/N=C/c1ccc(O)cc1. The van der Waals surface area contributed by atoms with Gasteiger partial charge in [0.2, 0.25) is 0 Å². The maximum absolute atomic E-state index is 11.6. The van der Waals surface area contributed by atoms with Gasteiger partial charge < -0.3 is 9.84 Å². The monoisotopic (exact) mass is 479 g/mol. The number of nitrogens with zero attached hydrogens (tertiary/aromatic N) is 2. The van der Waals surface area contributed by atoms with Crippen LogP contribution < -0.4 is 10.2 Å². The van der Waals surface area contributed by atoms with Crippen LogP contribution in [0.4, 0.5) is 5.69 Å². The molecular weight excluding hydrogens is 458 g/mol. The highest BCUT2D eigenvalue weighted by atomic mass is 16.6. The minimum atomic E-state index is -0.587. The lowest BCUT2D eigenvalue weighted by molar-refractivity contribution is -0.385. The van der Waals surface area contributed by atoms with E-state index in [0.29, 0.717) is 5.56 Å². The molecule has 178 valence electrons. The molecule has 0 aliphatic rings. The fourth-order valence-corrected chi connectivity index (χ4v) is 1.85. The third-order valence-corrected chi connectivity index (χ3v) is 3.26. The zero-order chi connectivity index (χ0) is 27.0. The summed E-state index contributed by atoms with van der Waals surface area (Å²) in [7, 11) is 0. The lowest BCUT2D eigenvalue weighted by atomic mass is 10.2. The molecular formula is C28H21N3O5. The van der Waals surface area contributed by atoms with Crippen molar-refractivity contribution in [1.29, 1.82) is 0 Å². The number of hydrazone groups is 1. The number of phenolic OH excluding ortho intramolecular Hbond substituents is 1. The lowest BCUT2D eigenvalue weighted by Gasteiger charge is -2.05. The number of hydrogen-bond acceptors (Lipinski definition) is 6. The molecule has 0 aliphatic heterocycles. The first-order valence-corrected chi connectivity index (χ1v) is 9.70. The summed E-state index contributed by atoms with van der Waals surface area (Å²) in [4.78, 5) is 21.8. The number of ether oxygens (including phenoxy) is 1. The molecule has 36 heavy (non-hydrogen) atoms. The predicted octanol–water partition coefficient (Wildman–Crippen LogP) is 4.83. The molecule has 0 heterocycles. The Labute approximate surface area is 208 Å². The fraction of sp³-hybridized carbons (Fsp3) is 0.0357. The zero-order valence-electron chi connectivity index (χ0n) is 19.2. The van der Waals surface area contributed by atoms with Gasteiger partial charge in [-0.25, -0.2) is 5.43 Å². The molecule has 0 fully saturated rings. The van der Waals surface area contributed by atoms with Gasteiger partial charge in [0, 0.05) is 6.07 Å². The third-order valence-electron chi connectivity index (χ3n) is 3.26. The Kier molecular flexibility index (Phi) is 16.5. The van der Waals surface area contributed by atoms with Crippen LogP contribution in [0.3, 0.4) is 0 Å². The molecule has 0 unspecified atom stereocenters. The standard InChI is InChI=1S/C15H13N3O5.C7H4.C6H4/c19-12-7-5-11(6-8-12)9-16-17-15(20)10-23-14-4-2-1-3-13(14)18(21)22;1-3-5-7-6-4-2;1-3-5-6-4-2/h1-9,19H,10H2,(H,17,20);1-2H2;1-2H2/b16-9+;;. The van der Waals surface area contributed by atoms with Gasteiger partial charge in [0.15, 0.2) is 12.4 Å². The molecule has 8 nitrogen and oxygen atoms in total. The van der Waals surface area contributed by atoms with Gasteiger partial charge in [-0.2, -0.15) is 5.10 Å². The first-order chi connectivity index (χ1) is 17.4. The molecule has 8 heteroatoms. The second-order valence-corrected chi connectivity index (χ2v) is 5.73. The van der Waals surface area contributed by atoms with Crippen molar-refractivity contribution in [3.8, 4) is 11.5 Å². The number of rotatable bonds is 6. The Bertz CT molecular complexity index is 1360. The molecule has 0 aromatic heterocycles. The van der Waals surface area contributed by atoms with Gasteiger partial charge in [-0.3, -0.25) is 14.9 Å². The van der Waals surface area contributed by atoms with Crippen LogP contribution in [0, 0.1) is 10.1 Å². The molecule has 0 radical (unpaired) electrons. The quantitative estimate of drug-likeness (QED) is 0.267. The van der Waals surface area contributed by atoms with E-state index in [1.54, 1.807) is 18.2 Å². The summed E-state index contributed by atoms with van der Waals surface area (Å²) in [5, 5.41) is 23.7.